The summed E-state index contributed by atoms with van der Waals surface area (Å²) in [6, 6.07) is 2.64. The average molecular weight is 241 g/mol. The molecule has 0 spiro atoms. The molecular weight excluding hydrogens is 233 g/mol. The van der Waals surface area contributed by atoms with Gasteiger partial charge in [-0.1, -0.05) is 0 Å². The molecular formula is C9H8F5NO. The van der Waals surface area contributed by atoms with Crippen LogP contribution in [0.25, 0.3) is 0 Å². The van der Waals surface area contributed by atoms with Crippen molar-refractivity contribution in [2.45, 2.75) is 6.36 Å². The van der Waals surface area contributed by atoms with Gasteiger partial charge in [0.2, 0.25) is 0 Å². The van der Waals surface area contributed by atoms with Crippen LogP contribution in [0.1, 0.15) is 0 Å². The molecule has 0 aromatic heterocycles. The first kappa shape index (κ1) is 12.7. The summed E-state index contributed by atoms with van der Waals surface area (Å²) in [6.45, 7) is -0.959. The molecule has 0 unspecified atom stereocenters. The number of ether oxygens (including phenoxy) is 1. The summed E-state index contributed by atoms with van der Waals surface area (Å²) in [5.41, 5.74) is -0.203. The fourth-order valence-electron chi connectivity index (χ4n) is 0.985. The van der Waals surface area contributed by atoms with Crippen molar-refractivity contribution in [1.82, 2.24) is 0 Å². The van der Waals surface area contributed by atoms with Gasteiger partial charge in [0.15, 0.2) is 0 Å². The van der Waals surface area contributed by atoms with E-state index in [4.69, 9.17) is 0 Å². The molecule has 0 bridgehead atoms. The molecule has 1 rings (SSSR count). The molecule has 0 aliphatic rings. The average Bonchev–Trinajstić information content (AvgIpc) is 2.16. The van der Waals surface area contributed by atoms with Crippen LogP contribution in [-0.4, -0.2) is 19.5 Å². The third-order valence-corrected chi connectivity index (χ3v) is 1.61. The smallest absolute Gasteiger partial charge is 0.380 e. The van der Waals surface area contributed by atoms with Gasteiger partial charge >= 0.3 is 6.36 Å². The van der Waals surface area contributed by atoms with Crippen LogP contribution in [0.3, 0.4) is 0 Å². The minimum Gasteiger partial charge on any atom is -0.380 e. The van der Waals surface area contributed by atoms with E-state index in [1.54, 1.807) is 0 Å². The maximum Gasteiger partial charge on any atom is 0.522 e. The summed E-state index contributed by atoms with van der Waals surface area (Å²) in [5.74, 6) is -1.42. The lowest BCUT2D eigenvalue weighted by Gasteiger charge is -2.09. The van der Waals surface area contributed by atoms with E-state index >= 15 is 0 Å². The highest BCUT2D eigenvalue weighted by atomic mass is 19.4. The molecule has 16 heavy (non-hydrogen) atoms. The minimum absolute atomic E-state index is 0.203. The Labute approximate surface area is 88.0 Å². The topological polar surface area (TPSA) is 21.3 Å². The van der Waals surface area contributed by atoms with E-state index in [0.29, 0.717) is 0 Å². The Morgan fingerprint density at radius 3 is 2.50 bits per heavy atom. The van der Waals surface area contributed by atoms with Crippen molar-refractivity contribution in [1.29, 1.82) is 0 Å². The minimum atomic E-state index is -4.72. The second-order valence-corrected chi connectivity index (χ2v) is 2.85. The molecule has 1 aromatic carbocycles. The molecule has 0 radical (unpaired) electrons. The predicted octanol–water partition coefficient (Wildman–Crippen LogP) is 2.91. The first-order valence-electron chi connectivity index (χ1n) is 4.28. The number of hydrogen-bond donors (Lipinski definition) is 1. The zero-order valence-electron chi connectivity index (χ0n) is 7.94. The van der Waals surface area contributed by atoms with Crippen LogP contribution in [0.4, 0.5) is 27.6 Å². The van der Waals surface area contributed by atoms with E-state index in [2.05, 4.69) is 10.1 Å². The number of anilines is 1. The van der Waals surface area contributed by atoms with Crippen LogP contribution < -0.4 is 5.32 Å². The number of hydrogen-bond acceptors (Lipinski definition) is 2. The van der Waals surface area contributed by atoms with Crippen LogP contribution in [0, 0.1) is 11.6 Å². The third kappa shape index (κ3) is 4.43. The van der Waals surface area contributed by atoms with Crippen molar-refractivity contribution in [2.24, 2.45) is 0 Å². The van der Waals surface area contributed by atoms with Gasteiger partial charge in [0.25, 0.3) is 0 Å². The van der Waals surface area contributed by atoms with Crippen molar-refractivity contribution in [3.63, 3.8) is 0 Å². The van der Waals surface area contributed by atoms with E-state index in [1.807, 2.05) is 0 Å². The van der Waals surface area contributed by atoms with E-state index in [1.165, 1.54) is 0 Å². The summed E-state index contributed by atoms with van der Waals surface area (Å²) < 4.78 is 63.6. The Bertz CT molecular complexity index is 352. The van der Waals surface area contributed by atoms with Gasteiger partial charge in [0.05, 0.1) is 12.3 Å². The standard InChI is InChI=1S/C9H8F5NO/c10-6-1-2-7(11)8(5-6)15-3-4-16-9(12,13)14/h1-2,5,15H,3-4H2. The first-order chi connectivity index (χ1) is 7.38. The third-order valence-electron chi connectivity index (χ3n) is 1.61. The van der Waals surface area contributed by atoms with Crippen molar-refractivity contribution in [3.8, 4) is 0 Å². The van der Waals surface area contributed by atoms with Gasteiger partial charge < -0.3 is 5.32 Å². The lowest BCUT2D eigenvalue weighted by atomic mass is 10.3. The number of nitrogens with one attached hydrogen (secondary N) is 1. The Hall–Kier alpha value is -1.37. The molecule has 0 fully saturated rings. The predicted molar refractivity (Wildman–Crippen MR) is 46.9 cm³/mol. The Kier molecular flexibility index (Phi) is 4.05. The molecule has 0 aliphatic carbocycles. The largest absolute Gasteiger partial charge is 0.522 e. The molecule has 0 heterocycles. The van der Waals surface area contributed by atoms with Crippen molar-refractivity contribution in [2.75, 3.05) is 18.5 Å². The molecule has 0 amide bonds. The Morgan fingerprint density at radius 1 is 1.19 bits per heavy atom. The van der Waals surface area contributed by atoms with E-state index in [9.17, 15) is 22.0 Å². The molecule has 1 aromatic rings. The number of halogens is 5. The summed E-state index contributed by atoms with van der Waals surface area (Å²) in [6.07, 6.45) is -4.72. The molecule has 0 aliphatic heterocycles. The summed E-state index contributed by atoms with van der Waals surface area (Å²) in [7, 11) is 0. The summed E-state index contributed by atoms with van der Waals surface area (Å²) >= 11 is 0. The van der Waals surface area contributed by atoms with Gasteiger partial charge in [-0.25, -0.2) is 8.78 Å². The fraction of sp³-hybridized carbons (Fsp3) is 0.333. The summed E-state index contributed by atoms with van der Waals surface area (Å²) in [5, 5.41) is 2.29. The van der Waals surface area contributed by atoms with Crippen molar-refractivity contribution < 1.29 is 26.7 Å². The zero-order valence-corrected chi connectivity index (χ0v) is 7.94. The van der Waals surface area contributed by atoms with E-state index in [0.717, 1.165) is 18.2 Å². The van der Waals surface area contributed by atoms with Gasteiger partial charge in [-0.3, -0.25) is 4.74 Å². The van der Waals surface area contributed by atoms with Gasteiger partial charge in [-0.2, -0.15) is 0 Å². The van der Waals surface area contributed by atoms with Gasteiger partial charge in [-0.05, 0) is 18.2 Å². The van der Waals surface area contributed by atoms with Crippen molar-refractivity contribution in [3.05, 3.63) is 29.8 Å². The molecule has 7 heteroatoms. The number of benzene rings is 1. The molecule has 0 atom stereocenters. The van der Waals surface area contributed by atoms with Crippen LogP contribution >= 0.6 is 0 Å². The zero-order chi connectivity index (χ0) is 12.2. The Morgan fingerprint density at radius 2 is 1.88 bits per heavy atom. The SMILES string of the molecule is Fc1ccc(F)c(NCCOC(F)(F)F)c1. The van der Waals surface area contributed by atoms with Crippen LogP contribution in [0.2, 0.25) is 0 Å². The van der Waals surface area contributed by atoms with Crippen LogP contribution in [0.5, 0.6) is 0 Å². The van der Waals surface area contributed by atoms with E-state index < -0.39 is 24.6 Å². The number of rotatable bonds is 4. The highest BCUT2D eigenvalue weighted by molar-refractivity contribution is 5.44. The quantitative estimate of drug-likeness (QED) is 0.646. The van der Waals surface area contributed by atoms with Gasteiger partial charge in [-0.15, -0.1) is 13.2 Å². The highest BCUT2D eigenvalue weighted by Crippen LogP contribution is 2.17. The second kappa shape index (κ2) is 5.11. The molecule has 0 saturated heterocycles. The molecule has 1 N–H and O–H groups in total. The second-order valence-electron chi connectivity index (χ2n) is 2.85. The highest BCUT2D eigenvalue weighted by Gasteiger charge is 2.28. The lowest BCUT2D eigenvalue weighted by Crippen LogP contribution is -2.19. The monoisotopic (exact) mass is 241 g/mol. The number of alkyl halides is 3. The normalized spacial score (nSPS) is 11.6. The van der Waals surface area contributed by atoms with E-state index in [-0.39, 0.29) is 12.2 Å². The molecule has 90 valence electrons. The Balaban J connectivity index is 2.40. The van der Waals surface area contributed by atoms with Crippen LogP contribution in [-0.2, 0) is 4.74 Å². The van der Waals surface area contributed by atoms with Gasteiger partial charge in [0, 0.05) is 6.54 Å². The van der Waals surface area contributed by atoms with Crippen LogP contribution in [0.15, 0.2) is 18.2 Å². The maximum absolute atomic E-state index is 12.9. The molecule has 2 nitrogen and oxygen atoms in total. The fourth-order valence-corrected chi connectivity index (χ4v) is 0.985. The lowest BCUT2D eigenvalue weighted by molar-refractivity contribution is -0.322. The maximum atomic E-state index is 12.9. The molecule has 0 saturated carbocycles. The summed E-state index contributed by atoms with van der Waals surface area (Å²) in [4.78, 5) is 0. The van der Waals surface area contributed by atoms with Crippen molar-refractivity contribution >= 4 is 5.69 Å². The first-order valence-corrected chi connectivity index (χ1v) is 4.28. The van der Waals surface area contributed by atoms with Gasteiger partial charge in [0.1, 0.15) is 11.6 Å².